The zero-order chi connectivity index (χ0) is 27.3. The van der Waals surface area contributed by atoms with Crippen molar-refractivity contribution in [3.63, 3.8) is 0 Å². The molecule has 40 heavy (non-hydrogen) atoms. The summed E-state index contributed by atoms with van der Waals surface area (Å²) >= 11 is 0. The maximum Gasteiger partial charge on any atom is 0.178 e. The number of aromatic nitrogens is 4. The van der Waals surface area contributed by atoms with Gasteiger partial charge in [-0.2, -0.15) is 0 Å². The standard InChI is InChI=1S/C32H34N8/c33-17-26(20-36-18-21-11-12-25-19-35-14-13-24(25)15-21)28(29-16-30(34)37-32-31(29)38-40-39-32)10-4-8-23-7-3-6-22-5-1-2-9-27(22)23/h1-3,5-7,9,11-12,15-17,20,28,33,35-36H,4,8,10,13-14,18-19H2,(H3,34,37,38,39,40)/b26-20+,33-17?. The number of allylic oxidation sites excluding steroid dienone is 1. The van der Waals surface area contributed by atoms with Crippen LogP contribution in [-0.4, -0.2) is 33.2 Å². The number of rotatable bonds is 10. The van der Waals surface area contributed by atoms with Crippen LogP contribution in [0.15, 0.2) is 78.5 Å². The van der Waals surface area contributed by atoms with Crippen LogP contribution in [0, 0.1) is 5.41 Å². The molecule has 0 radical (unpaired) electrons. The summed E-state index contributed by atoms with van der Waals surface area (Å²) in [5.41, 5.74) is 14.6. The number of nitrogens with one attached hydrogen (secondary N) is 4. The molecule has 1 unspecified atom stereocenters. The maximum absolute atomic E-state index is 8.35. The van der Waals surface area contributed by atoms with E-state index in [4.69, 9.17) is 11.1 Å². The number of pyridine rings is 1. The summed E-state index contributed by atoms with van der Waals surface area (Å²) in [6.07, 6.45) is 7.16. The Morgan fingerprint density at radius 1 is 1.07 bits per heavy atom. The predicted octanol–water partition coefficient (Wildman–Crippen LogP) is 5.16. The number of fused-ring (bicyclic) bond motifs is 3. The Labute approximate surface area is 233 Å². The summed E-state index contributed by atoms with van der Waals surface area (Å²) in [6, 6.07) is 23.6. The Balaban J connectivity index is 1.25. The number of anilines is 1. The lowest BCUT2D eigenvalue weighted by Gasteiger charge is -2.20. The van der Waals surface area contributed by atoms with E-state index in [0.717, 1.165) is 49.9 Å². The van der Waals surface area contributed by atoms with Gasteiger partial charge in [0.05, 0.1) is 0 Å². The van der Waals surface area contributed by atoms with E-state index in [1.54, 1.807) is 0 Å². The van der Waals surface area contributed by atoms with Crippen molar-refractivity contribution in [2.45, 2.75) is 44.7 Å². The van der Waals surface area contributed by atoms with Crippen molar-refractivity contribution >= 4 is 34.0 Å². The highest BCUT2D eigenvalue weighted by Crippen LogP contribution is 2.34. The van der Waals surface area contributed by atoms with E-state index in [2.05, 4.69) is 91.7 Å². The molecule has 2 aromatic heterocycles. The van der Waals surface area contributed by atoms with Gasteiger partial charge in [-0.1, -0.05) is 65.9 Å². The quantitative estimate of drug-likeness (QED) is 0.159. The monoisotopic (exact) mass is 530 g/mol. The first-order chi connectivity index (χ1) is 19.7. The number of nitrogens with zero attached hydrogens (tertiary/aromatic N) is 3. The van der Waals surface area contributed by atoms with Gasteiger partial charge in [-0.25, -0.2) is 10.1 Å². The summed E-state index contributed by atoms with van der Waals surface area (Å²) in [6.45, 7) is 2.65. The van der Waals surface area contributed by atoms with E-state index in [1.165, 1.54) is 39.2 Å². The Morgan fingerprint density at radius 2 is 1.98 bits per heavy atom. The molecule has 0 fully saturated rings. The minimum Gasteiger partial charge on any atom is -0.387 e. The van der Waals surface area contributed by atoms with Crippen LogP contribution in [0.4, 0.5) is 5.82 Å². The number of nitrogen functional groups attached to an aromatic ring is 1. The maximum atomic E-state index is 8.35. The van der Waals surface area contributed by atoms with Gasteiger partial charge in [0, 0.05) is 31.4 Å². The lowest BCUT2D eigenvalue weighted by molar-refractivity contribution is 0.642. The van der Waals surface area contributed by atoms with Gasteiger partial charge in [-0.3, -0.25) is 0 Å². The van der Waals surface area contributed by atoms with Gasteiger partial charge in [0.1, 0.15) is 11.3 Å². The number of nitrogens with two attached hydrogens (primary N) is 1. The van der Waals surface area contributed by atoms with Crippen LogP contribution in [0.2, 0.25) is 0 Å². The van der Waals surface area contributed by atoms with Crippen molar-refractivity contribution in [1.82, 2.24) is 31.0 Å². The first-order valence-electron chi connectivity index (χ1n) is 13.9. The summed E-state index contributed by atoms with van der Waals surface area (Å²) in [7, 11) is 0. The number of aromatic amines is 1. The second-order valence-corrected chi connectivity index (χ2v) is 10.4. The first kappa shape index (κ1) is 25.7. The zero-order valence-corrected chi connectivity index (χ0v) is 22.5. The fourth-order valence-electron chi connectivity index (χ4n) is 5.83. The molecule has 6 rings (SSSR count). The van der Waals surface area contributed by atoms with Gasteiger partial charge in [-0.15, -0.1) is 5.10 Å². The Hall–Kier alpha value is -4.56. The molecule has 0 saturated heterocycles. The predicted molar refractivity (Wildman–Crippen MR) is 161 cm³/mol. The van der Waals surface area contributed by atoms with E-state index in [-0.39, 0.29) is 5.92 Å². The minimum atomic E-state index is -0.0903. The van der Waals surface area contributed by atoms with Crippen LogP contribution < -0.4 is 16.4 Å². The van der Waals surface area contributed by atoms with Gasteiger partial charge in [0.25, 0.3) is 0 Å². The van der Waals surface area contributed by atoms with Crippen LogP contribution in [-0.2, 0) is 25.9 Å². The van der Waals surface area contributed by atoms with Crippen molar-refractivity contribution in [2.75, 3.05) is 12.3 Å². The Bertz CT molecular complexity index is 1680. The van der Waals surface area contributed by atoms with E-state index in [0.29, 0.717) is 23.5 Å². The second kappa shape index (κ2) is 11.7. The Morgan fingerprint density at radius 3 is 2.90 bits per heavy atom. The molecule has 5 aromatic rings. The van der Waals surface area contributed by atoms with Crippen molar-refractivity contribution in [3.05, 3.63) is 106 Å². The van der Waals surface area contributed by atoms with Crippen molar-refractivity contribution in [1.29, 1.82) is 5.41 Å². The molecule has 0 bridgehead atoms. The molecule has 8 heteroatoms. The molecular weight excluding hydrogens is 496 g/mol. The molecule has 3 aromatic carbocycles. The first-order valence-corrected chi connectivity index (χ1v) is 13.9. The van der Waals surface area contributed by atoms with Gasteiger partial charge < -0.3 is 21.8 Å². The Kier molecular flexibility index (Phi) is 7.50. The molecule has 202 valence electrons. The molecule has 6 N–H and O–H groups in total. The largest absolute Gasteiger partial charge is 0.387 e. The summed E-state index contributed by atoms with van der Waals surface area (Å²) in [5, 5.41) is 29.0. The highest BCUT2D eigenvalue weighted by Gasteiger charge is 2.21. The van der Waals surface area contributed by atoms with Crippen LogP contribution in [0.25, 0.3) is 21.9 Å². The number of benzene rings is 3. The highest BCUT2D eigenvalue weighted by atomic mass is 15.3. The molecule has 3 heterocycles. The third-order valence-corrected chi connectivity index (χ3v) is 7.84. The molecule has 0 spiro atoms. The third-order valence-electron chi connectivity index (χ3n) is 7.84. The molecule has 8 nitrogen and oxygen atoms in total. The highest BCUT2D eigenvalue weighted by molar-refractivity contribution is 5.86. The molecule has 1 aliphatic heterocycles. The number of hydrogen-bond acceptors (Lipinski definition) is 7. The van der Waals surface area contributed by atoms with Crippen LogP contribution in [0.3, 0.4) is 0 Å². The SMILES string of the molecule is N=C/C(=C\NCc1ccc2c(c1)CCNC2)C(CCCc1cccc2ccccc12)c1cc(N)nc2[nH]nnc12. The zero-order valence-electron chi connectivity index (χ0n) is 22.5. The topological polar surface area (TPSA) is 128 Å². The van der Waals surface area contributed by atoms with Gasteiger partial charge >= 0.3 is 0 Å². The van der Waals surface area contributed by atoms with Crippen LogP contribution in [0.5, 0.6) is 0 Å². The third kappa shape index (κ3) is 5.44. The molecule has 1 atom stereocenters. The van der Waals surface area contributed by atoms with Crippen LogP contribution in [0.1, 0.15) is 46.6 Å². The second-order valence-electron chi connectivity index (χ2n) is 10.4. The molecular formula is C32H34N8. The van der Waals surface area contributed by atoms with Crippen molar-refractivity contribution in [3.8, 4) is 0 Å². The van der Waals surface area contributed by atoms with Gasteiger partial charge in [0.15, 0.2) is 5.65 Å². The average Bonchev–Trinajstić information content (AvgIpc) is 3.46. The lowest BCUT2D eigenvalue weighted by Crippen LogP contribution is -2.23. The van der Waals surface area contributed by atoms with E-state index in [9.17, 15) is 0 Å². The van der Waals surface area contributed by atoms with Crippen molar-refractivity contribution in [2.24, 2.45) is 0 Å². The normalized spacial score (nSPS) is 14.2. The van der Waals surface area contributed by atoms with E-state index in [1.807, 2.05) is 12.3 Å². The number of hydrogen-bond donors (Lipinski definition) is 5. The summed E-state index contributed by atoms with van der Waals surface area (Å²) < 4.78 is 0. The minimum absolute atomic E-state index is 0.0903. The summed E-state index contributed by atoms with van der Waals surface area (Å²) in [4.78, 5) is 4.36. The summed E-state index contributed by atoms with van der Waals surface area (Å²) in [5.74, 6) is 0.320. The lowest BCUT2D eigenvalue weighted by atomic mass is 9.86. The molecule has 0 aliphatic carbocycles. The van der Waals surface area contributed by atoms with Gasteiger partial charge in [0.2, 0.25) is 0 Å². The molecule has 0 saturated carbocycles. The smallest absolute Gasteiger partial charge is 0.178 e. The van der Waals surface area contributed by atoms with E-state index < -0.39 is 0 Å². The molecule has 0 amide bonds. The molecule has 1 aliphatic rings. The van der Waals surface area contributed by atoms with Gasteiger partial charge in [-0.05, 0) is 82.5 Å². The van der Waals surface area contributed by atoms with Crippen LogP contribution >= 0.6 is 0 Å². The number of H-pyrrole nitrogens is 1. The average molecular weight is 531 g/mol. The van der Waals surface area contributed by atoms with Crippen molar-refractivity contribution < 1.29 is 0 Å². The van der Waals surface area contributed by atoms with E-state index >= 15 is 0 Å². The fraction of sp³-hybridized carbons (Fsp3) is 0.250. The fourth-order valence-corrected chi connectivity index (χ4v) is 5.83. The number of aryl methyl sites for hydroxylation is 1.